The van der Waals surface area contributed by atoms with Gasteiger partial charge in [0.25, 0.3) is 0 Å². The summed E-state index contributed by atoms with van der Waals surface area (Å²) in [5.41, 5.74) is 1.16. The van der Waals surface area contributed by atoms with Crippen molar-refractivity contribution in [2.75, 3.05) is 18.0 Å². The molecule has 1 heterocycles. The molecule has 0 aliphatic rings. The number of nitriles is 1. The van der Waals surface area contributed by atoms with Crippen LogP contribution in [0.5, 0.6) is 0 Å². The Bertz CT molecular complexity index is 437. The molecule has 0 aliphatic heterocycles. The number of carboxylic acid groups (broad SMARTS) is 1. The van der Waals surface area contributed by atoms with Crippen molar-refractivity contribution in [1.29, 1.82) is 5.26 Å². The van der Waals surface area contributed by atoms with Gasteiger partial charge in [-0.2, -0.15) is 5.26 Å². The molecule has 0 atom stereocenters. The van der Waals surface area contributed by atoms with Gasteiger partial charge in [0, 0.05) is 12.2 Å². The molecule has 16 heavy (non-hydrogen) atoms. The number of carboxylic acids is 1. The fraction of sp³-hybridized carbons (Fsp3) is 0.364. The van der Waals surface area contributed by atoms with E-state index in [-0.39, 0.29) is 6.54 Å². The maximum atomic E-state index is 10.7. The molecule has 0 spiro atoms. The Morgan fingerprint density at radius 2 is 2.31 bits per heavy atom. The Kier molecular flexibility index (Phi) is 3.84. The third-order valence-electron chi connectivity index (χ3n) is 2.14. The molecule has 0 aromatic carbocycles. The van der Waals surface area contributed by atoms with Crippen LogP contribution in [0.25, 0.3) is 0 Å². The number of aryl methyl sites for hydroxylation is 1. The second-order valence-corrected chi connectivity index (χ2v) is 3.34. The summed E-state index contributed by atoms with van der Waals surface area (Å²) >= 11 is 0. The van der Waals surface area contributed by atoms with Crippen LogP contribution in [0.15, 0.2) is 12.1 Å². The molecule has 0 saturated heterocycles. The van der Waals surface area contributed by atoms with Gasteiger partial charge >= 0.3 is 5.97 Å². The first-order valence-corrected chi connectivity index (χ1v) is 4.93. The van der Waals surface area contributed by atoms with Gasteiger partial charge in [0.1, 0.15) is 18.4 Å². The van der Waals surface area contributed by atoms with Crippen LogP contribution < -0.4 is 4.90 Å². The molecule has 1 N–H and O–H groups in total. The normalized spacial score (nSPS) is 9.56. The van der Waals surface area contributed by atoms with Gasteiger partial charge in [0.05, 0.1) is 5.56 Å². The first-order valence-electron chi connectivity index (χ1n) is 4.93. The van der Waals surface area contributed by atoms with Crippen LogP contribution in [0, 0.1) is 18.3 Å². The Morgan fingerprint density at radius 1 is 1.62 bits per heavy atom. The Balaban J connectivity index is 3.13. The zero-order chi connectivity index (χ0) is 12.1. The number of nitrogens with zero attached hydrogens (tertiary/aromatic N) is 3. The summed E-state index contributed by atoms with van der Waals surface area (Å²) in [6.45, 7) is 3.98. The molecular formula is C11H13N3O2. The first kappa shape index (κ1) is 12.0. The van der Waals surface area contributed by atoms with Crippen molar-refractivity contribution in [1.82, 2.24) is 4.98 Å². The molecule has 0 amide bonds. The highest BCUT2D eigenvalue weighted by atomic mass is 16.4. The first-order chi connectivity index (χ1) is 7.58. The quantitative estimate of drug-likeness (QED) is 0.822. The highest BCUT2D eigenvalue weighted by molar-refractivity contribution is 5.74. The monoisotopic (exact) mass is 219 g/mol. The summed E-state index contributed by atoms with van der Waals surface area (Å²) < 4.78 is 0. The molecule has 0 unspecified atom stereocenters. The van der Waals surface area contributed by atoms with Crippen molar-refractivity contribution in [3.63, 3.8) is 0 Å². The summed E-state index contributed by atoms with van der Waals surface area (Å²) in [5, 5.41) is 17.7. The van der Waals surface area contributed by atoms with Crippen LogP contribution in [-0.4, -0.2) is 29.1 Å². The number of rotatable bonds is 4. The third kappa shape index (κ3) is 2.70. The molecule has 5 heteroatoms. The standard InChI is InChI=1S/C11H13N3O2/c1-3-14(7-10(15)16)11-9(6-12)5-4-8(2)13-11/h4-5H,3,7H2,1-2H3,(H,15,16). The number of aromatic nitrogens is 1. The Morgan fingerprint density at radius 3 is 2.81 bits per heavy atom. The van der Waals surface area contributed by atoms with Crippen molar-refractivity contribution in [3.8, 4) is 6.07 Å². The number of hydrogen-bond donors (Lipinski definition) is 1. The highest BCUT2D eigenvalue weighted by Gasteiger charge is 2.14. The topological polar surface area (TPSA) is 77.2 Å². The van der Waals surface area contributed by atoms with Crippen molar-refractivity contribution in [2.24, 2.45) is 0 Å². The second kappa shape index (κ2) is 5.12. The molecule has 5 nitrogen and oxygen atoms in total. The zero-order valence-corrected chi connectivity index (χ0v) is 9.27. The Labute approximate surface area is 93.9 Å². The van der Waals surface area contributed by atoms with Gasteiger partial charge in [-0.15, -0.1) is 0 Å². The number of likely N-dealkylation sites (N-methyl/N-ethyl adjacent to an activating group) is 1. The number of aliphatic carboxylic acids is 1. The molecule has 1 rings (SSSR count). The summed E-state index contributed by atoms with van der Waals surface area (Å²) in [4.78, 5) is 16.4. The summed E-state index contributed by atoms with van der Waals surface area (Å²) in [6.07, 6.45) is 0. The number of carbonyl (C=O) groups is 1. The van der Waals surface area contributed by atoms with Gasteiger partial charge in [-0.3, -0.25) is 4.79 Å². The van der Waals surface area contributed by atoms with Gasteiger partial charge in [0.2, 0.25) is 0 Å². The van der Waals surface area contributed by atoms with E-state index in [1.54, 1.807) is 24.0 Å². The van der Waals surface area contributed by atoms with E-state index >= 15 is 0 Å². The van der Waals surface area contributed by atoms with Gasteiger partial charge in [-0.25, -0.2) is 4.98 Å². The lowest BCUT2D eigenvalue weighted by atomic mass is 10.2. The number of pyridine rings is 1. The van der Waals surface area contributed by atoms with E-state index in [1.165, 1.54) is 0 Å². The number of anilines is 1. The molecule has 0 bridgehead atoms. The van der Waals surface area contributed by atoms with E-state index in [0.29, 0.717) is 17.9 Å². The molecule has 1 aromatic heterocycles. The van der Waals surface area contributed by atoms with E-state index in [4.69, 9.17) is 10.4 Å². The molecule has 0 aliphatic carbocycles. The third-order valence-corrected chi connectivity index (χ3v) is 2.14. The predicted octanol–water partition coefficient (Wildman–Crippen LogP) is 1.17. The van der Waals surface area contributed by atoms with E-state index < -0.39 is 5.97 Å². The van der Waals surface area contributed by atoms with Crippen LogP contribution >= 0.6 is 0 Å². The summed E-state index contributed by atoms with van der Waals surface area (Å²) in [6, 6.07) is 5.40. The fourth-order valence-corrected chi connectivity index (χ4v) is 1.37. The summed E-state index contributed by atoms with van der Waals surface area (Å²) in [5.74, 6) is -0.499. The van der Waals surface area contributed by atoms with Crippen molar-refractivity contribution in [2.45, 2.75) is 13.8 Å². The van der Waals surface area contributed by atoms with Crippen LogP contribution in [-0.2, 0) is 4.79 Å². The molecule has 0 saturated carbocycles. The van der Waals surface area contributed by atoms with Gasteiger partial charge < -0.3 is 10.0 Å². The Hall–Kier alpha value is -2.09. The van der Waals surface area contributed by atoms with Crippen LogP contribution in [0.1, 0.15) is 18.2 Å². The molecular weight excluding hydrogens is 206 g/mol. The van der Waals surface area contributed by atoms with Crippen LogP contribution in [0.4, 0.5) is 5.82 Å². The SMILES string of the molecule is CCN(CC(=O)O)c1nc(C)ccc1C#N. The van der Waals surface area contributed by atoms with Crippen LogP contribution in [0.3, 0.4) is 0 Å². The van der Waals surface area contributed by atoms with Crippen LogP contribution in [0.2, 0.25) is 0 Å². The lowest BCUT2D eigenvalue weighted by Crippen LogP contribution is -2.30. The van der Waals surface area contributed by atoms with Crippen molar-refractivity contribution >= 4 is 11.8 Å². The van der Waals surface area contributed by atoms with Gasteiger partial charge in [0.15, 0.2) is 0 Å². The maximum absolute atomic E-state index is 10.7. The molecule has 0 fully saturated rings. The minimum atomic E-state index is -0.936. The van der Waals surface area contributed by atoms with Gasteiger partial charge in [-0.05, 0) is 26.0 Å². The number of hydrogen-bond acceptors (Lipinski definition) is 4. The van der Waals surface area contributed by atoms with E-state index in [1.807, 2.05) is 13.0 Å². The smallest absolute Gasteiger partial charge is 0.323 e. The molecule has 0 radical (unpaired) electrons. The minimum Gasteiger partial charge on any atom is -0.480 e. The maximum Gasteiger partial charge on any atom is 0.323 e. The van der Waals surface area contributed by atoms with Gasteiger partial charge in [-0.1, -0.05) is 0 Å². The molecule has 1 aromatic rings. The van der Waals surface area contributed by atoms with E-state index in [2.05, 4.69) is 4.98 Å². The highest BCUT2D eigenvalue weighted by Crippen LogP contribution is 2.17. The fourth-order valence-electron chi connectivity index (χ4n) is 1.37. The van der Waals surface area contributed by atoms with E-state index in [9.17, 15) is 4.79 Å². The summed E-state index contributed by atoms with van der Waals surface area (Å²) in [7, 11) is 0. The second-order valence-electron chi connectivity index (χ2n) is 3.34. The average Bonchev–Trinajstić information content (AvgIpc) is 2.25. The average molecular weight is 219 g/mol. The largest absolute Gasteiger partial charge is 0.480 e. The predicted molar refractivity (Wildman–Crippen MR) is 59.2 cm³/mol. The zero-order valence-electron chi connectivity index (χ0n) is 9.27. The molecule has 84 valence electrons. The van der Waals surface area contributed by atoms with Crippen molar-refractivity contribution in [3.05, 3.63) is 23.4 Å². The lowest BCUT2D eigenvalue weighted by Gasteiger charge is -2.20. The van der Waals surface area contributed by atoms with Crippen molar-refractivity contribution < 1.29 is 9.90 Å². The lowest BCUT2D eigenvalue weighted by molar-refractivity contribution is -0.135. The van der Waals surface area contributed by atoms with E-state index in [0.717, 1.165) is 5.69 Å². The minimum absolute atomic E-state index is 0.151.